The summed E-state index contributed by atoms with van der Waals surface area (Å²) in [6.07, 6.45) is 3.09. The average Bonchev–Trinajstić information content (AvgIpc) is 2.39. The van der Waals surface area contributed by atoms with Gasteiger partial charge in [-0.1, -0.05) is 0 Å². The monoisotopic (exact) mass is 289 g/mol. The number of hydrogen-bond acceptors (Lipinski definition) is 5. The van der Waals surface area contributed by atoms with Gasteiger partial charge in [-0.2, -0.15) is 0 Å². The molecule has 0 radical (unpaired) electrons. The first-order valence-corrected chi connectivity index (χ1v) is 8.73. The second kappa shape index (κ2) is 5.79. The summed E-state index contributed by atoms with van der Waals surface area (Å²) in [5, 5.41) is 0. The van der Waals surface area contributed by atoms with E-state index in [4.69, 9.17) is 4.74 Å². The van der Waals surface area contributed by atoms with E-state index in [1.165, 1.54) is 7.11 Å². The van der Waals surface area contributed by atoms with Gasteiger partial charge in [-0.15, -0.1) is 0 Å². The summed E-state index contributed by atoms with van der Waals surface area (Å²) in [7, 11) is 0.688. The van der Waals surface area contributed by atoms with E-state index in [0.717, 1.165) is 32.2 Å². The van der Waals surface area contributed by atoms with Crippen LogP contribution in [0.3, 0.4) is 0 Å². The molecule has 2 rings (SSSR count). The first-order chi connectivity index (χ1) is 8.93. The van der Waals surface area contributed by atoms with E-state index in [0.29, 0.717) is 23.5 Å². The van der Waals surface area contributed by atoms with Crippen LogP contribution in [-0.4, -0.2) is 57.5 Å². The molecule has 5 nitrogen and oxygen atoms in total. The molecule has 0 spiro atoms. The minimum Gasteiger partial charge on any atom is -0.469 e. The molecule has 2 saturated heterocycles. The number of likely N-dealkylation sites (tertiary alicyclic amines) is 1. The molecule has 0 amide bonds. The number of ether oxygens (including phenoxy) is 1. The van der Waals surface area contributed by atoms with Crippen LogP contribution in [0.5, 0.6) is 0 Å². The zero-order valence-electron chi connectivity index (χ0n) is 11.7. The summed E-state index contributed by atoms with van der Waals surface area (Å²) in [5.74, 6) is 0.836. The predicted octanol–water partition coefficient (Wildman–Crippen LogP) is 0.695. The number of esters is 1. The average molecular weight is 289 g/mol. The van der Waals surface area contributed by atoms with E-state index in [9.17, 15) is 13.2 Å². The molecule has 0 bridgehead atoms. The smallest absolute Gasteiger partial charge is 0.308 e. The molecule has 19 heavy (non-hydrogen) atoms. The Bertz CT molecular complexity index is 420. The number of sulfone groups is 1. The van der Waals surface area contributed by atoms with Crippen molar-refractivity contribution in [1.82, 2.24) is 4.90 Å². The number of carbonyl (C=O) groups excluding carboxylic acids is 1. The maximum Gasteiger partial charge on any atom is 0.308 e. The van der Waals surface area contributed by atoms with Crippen LogP contribution < -0.4 is 0 Å². The fraction of sp³-hybridized carbons (Fsp3) is 0.923. The van der Waals surface area contributed by atoms with Crippen LogP contribution in [0.15, 0.2) is 0 Å². The maximum atomic E-state index is 11.7. The maximum absolute atomic E-state index is 11.7. The third-order valence-electron chi connectivity index (χ3n) is 4.60. The quantitative estimate of drug-likeness (QED) is 0.700. The molecule has 0 aromatic heterocycles. The minimum absolute atomic E-state index is 0.0234. The van der Waals surface area contributed by atoms with Crippen LogP contribution in [-0.2, 0) is 19.4 Å². The number of nitrogens with zero attached hydrogens (tertiary/aromatic N) is 1. The Kier molecular flexibility index (Phi) is 4.50. The Labute approximate surface area is 115 Å². The van der Waals surface area contributed by atoms with Crippen molar-refractivity contribution in [3.05, 3.63) is 0 Å². The molecule has 2 heterocycles. The van der Waals surface area contributed by atoms with Gasteiger partial charge in [-0.05, 0) is 45.2 Å². The number of methoxy groups -OCH3 is 1. The summed E-state index contributed by atoms with van der Waals surface area (Å²) in [6, 6.07) is 0.313. The van der Waals surface area contributed by atoms with E-state index in [2.05, 4.69) is 11.9 Å². The summed E-state index contributed by atoms with van der Waals surface area (Å²) in [5.41, 5.74) is 0. The number of carbonyl (C=O) groups is 1. The predicted molar refractivity (Wildman–Crippen MR) is 72.5 cm³/mol. The van der Waals surface area contributed by atoms with Crippen molar-refractivity contribution in [3.8, 4) is 0 Å². The molecule has 2 fully saturated rings. The van der Waals surface area contributed by atoms with Gasteiger partial charge in [0.2, 0.25) is 0 Å². The molecule has 6 heteroatoms. The summed E-state index contributed by atoms with van der Waals surface area (Å²) in [6.45, 7) is 0.883. The molecule has 2 aliphatic heterocycles. The molecule has 0 N–H and O–H groups in total. The third-order valence-corrected chi connectivity index (χ3v) is 6.32. The van der Waals surface area contributed by atoms with Crippen LogP contribution in [0.4, 0.5) is 0 Å². The van der Waals surface area contributed by atoms with Gasteiger partial charge in [-0.25, -0.2) is 8.42 Å². The van der Waals surface area contributed by atoms with Gasteiger partial charge in [0.05, 0.1) is 24.5 Å². The van der Waals surface area contributed by atoms with E-state index in [1.807, 2.05) is 0 Å². The van der Waals surface area contributed by atoms with Gasteiger partial charge in [0.15, 0.2) is 0 Å². The number of rotatable bonds is 2. The summed E-state index contributed by atoms with van der Waals surface area (Å²) in [4.78, 5) is 13.9. The molecular formula is C13H23NO4S. The van der Waals surface area contributed by atoms with Gasteiger partial charge in [0, 0.05) is 6.04 Å². The van der Waals surface area contributed by atoms with Crippen molar-refractivity contribution in [3.63, 3.8) is 0 Å². The molecule has 2 aliphatic rings. The third kappa shape index (κ3) is 3.48. The van der Waals surface area contributed by atoms with Crippen LogP contribution in [0, 0.1) is 11.8 Å². The Balaban J connectivity index is 2.00. The largest absolute Gasteiger partial charge is 0.469 e. The normalized spacial score (nSPS) is 32.9. The molecule has 2 atom stereocenters. The van der Waals surface area contributed by atoms with Gasteiger partial charge in [0.25, 0.3) is 0 Å². The number of piperidine rings is 1. The van der Waals surface area contributed by atoms with Gasteiger partial charge >= 0.3 is 5.97 Å². The van der Waals surface area contributed by atoms with Crippen molar-refractivity contribution < 1.29 is 17.9 Å². The molecule has 110 valence electrons. The van der Waals surface area contributed by atoms with E-state index in [-0.39, 0.29) is 11.9 Å². The molecule has 0 saturated carbocycles. The first kappa shape index (κ1) is 14.8. The van der Waals surface area contributed by atoms with Crippen LogP contribution in [0.25, 0.3) is 0 Å². The van der Waals surface area contributed by atoms with Crippen molar-refractivity contribution in [2.45, 2.75) is 31.7 Å². The fourth-order valence-corrected chi connectivity index (χ4v) is 4.87. The molecular weight excluding hydrogens is 266 g/mol. The highest BCUT2D eigenvalue weighted by atomic mass is 32.2. The lowest BCUT2D eigenvalue weighted by Gasteiger charge is -2.41. The standard InChI is InChI=1S/C13H23NO4S/c1-14-6-3-11(13(15)18-2)9-12(14)10-4-7-19(16,17)8-5-10/h10-12H,3-9H2,1-2H3. The SMILES string of the molecule is COC(=O)C1CCN(C)C(C2CCS(=O)(=O)CC2)C1. The number of hydrogen-bond donors (Lipinski definition) is 0. The zero-order valence-corrected chi connectivity index (χ0v) is 12.5. The van der Waals surface area contributed by atoms with Crippen molar-refractivity contribution >= 4 is 15.8 Å². The van der Waals surface area contributed by atoms with Crippen molar-refractivity contribution in [2.24, 2.45) is 11.8 Å². The van der Waals surface area contributed by atoms with Crippen molar-refractivity contribution in [2.75, 3.05) is 32.2 Å². The Morgan fingerprint density at radius 1 is 1.21 bits per heavy atom. The zero-order chi connectivity index (χ0) is 14.0. The van der Waals surface area contributed by atoms with E-state index in [1.54, 1.807) is 0 Å². The molecule has 0 aromatic rings. The minimum atomic E-state index is -2.82. The lowest BCUT2D eigenvalue weighted by Crippen LogP contribution is -2.48. The van der Waals surface area contributed by atoms with Gasteiger partial charge in [-0.3, -0.25) is 4.79 Å². The first-order valence-electron chi connectivity index (χ1n) is 6.91. The molecule has 0 aliphatic carbocycles. The second-order valence-corrected chi connectivity index (χ2v) is 8.09. The lowest BCUT2D eigenvalue weighted by atomic mass is 9.82. The van der Waals surface area contributed by atoms with Crippen LogP contribution in [0.2, 0.25) is 0 Å². The van der Waals surface area contributed by atoms with Gasteiger partial charge < -0.3 is 9.64 Å². The molecule has 0 aromatic carbocycles. The highest BCUT2D eigenvalue weighted by molar-refractivity contribution is 7.91. The van der Waals surface area contributed by atoms with Gasteiger partial charge in [0.1, 0.15) is 9.84 Å². The van der Waals surface area contributed by atoms with Crippen LogP contribution in [0.1, 0.15) is 25.7 Å². The lowest BCUT2D eigenvalue weighted by molar-refractivity contribution is -0.148. The molecule has 2 unspecified atom stereocenters. The van der Waals surface area contributed by atoms with E-state index >= 15 is 0 Å². The Hall–Kier alpha value is -0.620. The topological polar surface area (TPSA) is 63.7 Å². The van der Waals surface area contributed by atoms with E-state index < -0.39 is 9.84 Å². The second-order valence-electron chi connectivity index (χ2n) is 5.78. The highest BCUT2D eigenvalue weighted by Gasteiger charge is 2.37. The highest BCUT2D eigenvalue weighted by Crippen LogP contribution is 2.33. The van der Waals surface area contributed by atoms with Crippen molar-refractivity contribution in [1.29, 1.82) is 0 Å². The summed E-state index contributed by atoms with van der Waals surface area (Å²) >= 11 is 0. The summed E-state index contributed by atoms with van der Waals surface area (Å²) < 4.78 is 27.8. The fourth-order valence-electron chi connectivity index (χ4n) is 3.34. The Morgan fingerprint density at radius 2 is 1.84 bits per heavy atom. The van der Waals surface area contributed by atoms with Crippen LogP contribution >= 0.6 is 0 Å². The Morgan fingerprint density at radius 3 is 2.42 bits per heavy atom.